The Labute approximate surface area is 259 Å². The smallest absolute Gasteiger partial charge is 0.0540 e. The summed E-state index contributed by atoms with van der Waals surface area (Å²) in [4.78, 5) is 2.41. The standard InChI is InChI=1S/C43H35N/c1-29-11-9-15-34(27-29)41(31-13-5-3-6-14-31)37-23-19-32-21-25-39-40(26-22-33-20-24-38(37)42(32)43(33)39)44(35-16-7-4-8-17-35)36-18-10-12-30(2)28-36/h4-5,7-28,41H,3,6H2,1-2H3. The number of hydrogen-bond donors (Lipinski definition) is 0. The zero-order valence-corrected chi connectivity index (χ0v) is 25.3. The van der Waals surface area contributed by atoms with Crippen LogP contribution in [0.5, 0.6) is 0 Å². The van der Waals surface area contributed by atoms with Gasteiger partial charge in [-0.3, -0.25) is 0 Å². The lowest BCUT2D eigenvalue weighted by atomic mass is 9.79. The fourth-order valence-electron chi connectivity index (χ4n) is 7.28. The third kappa shape index (κ3) is 4.48. The van der Waals surface area contributed by atoms with Crippen molar-refractivity contribution in [1.29, 1.82) is 0 Å². The normalized spacial score (nSPS) is 13.9. The molecular formula is C43H35N. The highest BCUT2D eigenvalue weighted by Crippen LogP contribution is 2.46. The molecule has 0 radical (unpaired) electrons. The van der Waals surface area contributed by atoms with Crippen LogP contribution in [0.25, 0.3) is 32.3 Å². The Kier molecular flexibility index (Phi) is 6.53. The Bertz CT molecular complexity index is 2200. The molecule has 212 valence electrons. The largest absolute Gasteiger partial charge is 0.310 e. The molecule has 1 heteroatoms. The van der Waals surface area contributed by atoms with Gasteiger partial charge in [0.2, 0.25) is 0 Å². The monoisotopic (exact) mass is 565 g/mol. The first-order valence-corrected chi connectivity index (χ1v) is 15.7. The molecule has 0 saturated carbocycles. The Morgan fingerprint density at radius 1 is 0.568 bits per heavy atom. The summed E-state index contributed by atoms with van der Waals surface area (Å²) in [5.41, 5.74) is 10.2. The molecule has 0 saturated heterocycles. The van der Waals surface area contributed by atoms with Gasteiger partial charge in [0.15, 0.2) is 0 Å². The molecule has 0 aliphatic heterocycles. The Morgan fingerprint density at radius 3 is 2.00 bits per heavy atom. The lowest BCUT2D eigenvalue weighted by Crippen LogP contribution is -2.11. The van der Waals surface area contributed by atoms with Crippen LogP contribution >= 0.6 is 0 Å². The number of nitrogens with zero attached hydrogens (tertiary/aromatic N) is 1. The lowest BCUT2D eigenvalue weighted by molar-refractivity contribution is 0.926. The van der Waals surface area contributed by atoms with Crippen molar-refractivity contribution < 1.29 is 0 Å². The molecule has 7 aromatic carbocycles. The average molecular weight is 566 g/mol. The number of aryl methyl sites for hydroxylation is 2. The van der Waals surface area contributed by atoms with Gasteiger partial charge in [0.25, 0.3) is 0 Å². The second kappa shape index (κ2) is 10.8. The summed E-state index contributed by atoms with van der Waals surface area (Å²) in [6.45, 7) is 4.37. The van der Waals surface area contributed by atoms with Crippen LogP contribution in [0, 0.1) is 13.8 Å². The second-order valence-electron chi connectivity index (χ2n) is 12.2. The van der Waals surface area contributed by atoms with E-state index in [2.05, 4.69) is 164 Å². The van der Waals surface area contributed by atoms with Crippen LogP contribution in [0.1, 0.15) is 41.0 Å². The summed E-state index contributed by atoms with van der Waals surface area (Å²) in [7, 11) is 0. The molecule has 0 aromatic heterocycles. The van der Waals surface area contributed by atoms with E-state index in [9.17, 15) is 0 Å². The first-order valence-electron chi connectivity index (χ1n) is 15.7. The highest BCUT2D eigenvalue weighted by molar-refractivity contribution is 6.26. The molecule has 0 N–H and O–H groups in total. The van der Waals surface area contributed by atoms with Gasteiger partial charge in [0, 0.05) is 22.7 Å². The van der Waals surface area contributed by atoms with Crippen LogP contribution in [0.2, 0.25) is 0 Å². The van der Waals surface area contributed by atoms with Gasteiger partial charge in [0.05, 0.1) is 5.69 Å². The predicted molar refractivity (Wildman–Crippen MR) is 189 cm³/mol. The van der Waals surface area contributed by atoms with Gasteiger partial charge in [-0.25, -0.2) is 0 Å². The maximum Gasteiger partial charge on any atom is 0.0540 e. The molecule has 0 bridgehead atoms. The maximum absolute atomic E-state index is 2.45. The zero-order chi connectivity index (χ0) is 29.6. The van der Waals surface area contributed by atoms with Crippen molar-refractivity contribution in [1.82, 2.24) is 0 Å². The minimum atomic E-state index is 0.184. The minimum absolute atomic E-state index is 0.184. The molecule has 1 atom stereocenters. The van der Waals surface area contributed by atoms with Crippen molar-refractivity contribution in [2.75, 3.05) is 4.90 Å². The molecule has 1 aliphatic carbocycles. The van der Waals surface area contributed by atoms with Gasteiger partial charge < -0.3 is 4.90 Å². The fraction of sp³-hybridized carbons (Fsp3) is 0.116. The van der Waals surface area contributed by atoms with E-state index in [1.165, 1.54) is 71.5 Å². The Balaban J connectivity index is 1.41. The first kappa shape index (κ1) is 26.5. The molecule has 1 nitrogen and oxygen atoms in total. The van der Waals surface area contributed by atoms with Crippen molar-refractivity contribution in [2.45, 2.75) is 32.6 Å². The second-order valence-corrected chi connectivity index (χ2v) is 12.2. The van der Waals surface area contributed by atoms with Crippen molar-refractivity contribution >= 4 is 49.4 Å². The number of rotatable bonds is 6. The molecule has 0 amide bonds. The molecule has 44 heavy (non-hydrogen) atoms. The summed E-state index contributed by atoms with van der Waals surface area (Å²) in [6, 6.07) is 47.3. The van der Waals surface area contributed by atoms with Crippen LogP contribution in [0.15, 0.2) is 151 Å². The number of hydrogen-bond acceptors (Lipinski definition) is 1. The van der Waals surface area contributed by atoms with Gasteiger partial charge >= 0.3 is 0 Å². The van der Waals surface area contributed by atoms with E-state index >= 15 is 0 Å². The molecule has 1 aliphatic rings. The van der Waals surface area contributed by atoms with E-state index in [0.29, 0.717) is 0 Å². The van der Waals surface area contributed by atoms with Crippen LogP contribution in [0.3, 0.4) is 0 Å². The highest BCUT2D eigenvalue weighted by Gasteiger charge is 2.24. The predicted octanol–water partition coefficient (Wildman–Crippen LogP) is 12.1. The maximum atomic E-state index is 2.45. The Morgan fingerprint density at radius 2 is 1.25 bits per heavy atom. The van der Waals surface area contributed by atoms with Crippen molar-refractivity contribution in [2.24, 2.45) is 0 Å². The molecule has 7 aromatic rings. The summed E-state index contributed by atoms with van der Waals surface area (Å²) >= 11 is 0. The average Bonchev–Trinajstić information content (AvgIpc) is 3.06. The molecule has 1 unspecified atom stereocenters. The van der Waals surface area contributed by atoms with E-state index in [4.69, 9.17) is 0 Å². The SMILES string of the molecule is Cc1cccc(C(C2=CCCC=C2)c2ccc3ccc4c(N(c5ccccc5)c5cccc(C)c5)ccc5ccc2c3c54)c1. The topological polar surface area (TPSA) is 3.24 Å². The number of para-hydroxylation sites is 1. The van der Waals surface area contributed by atoms with Crippen molar-refractivity contribution in [3.8, 4) is 0 Å². The van der Waals surface area contributed by atoms with Gasteiger partial charge in [-0.1, -0.05) is 121 Å². The third-order valence-electron chi connectivity index (χ3n) is 9.23. The third-order valence-corrected chi connectivity index (χ3v) is 9.23. The molecule has 0 heterocycles. The van der Waals surface area contributed by atoms with Crippen LogP contribution in [-0.4, -0.2) is 0 Å². The Hall–Kier alpha value is -5.14. The van der Waals surface area contributed by atoms with Gasteiger partial charge in [-0.2, -0.15) is 0 Å². The van der Waals surface area contributed by atoms with Crippen molar-refractivity contribution in [3.05, 3.63) is 173 Å². The molecule has 0 fully saturated rings. The van der Waals surface area contributed by atoms with Crippen LogP contribution in [-0.2, 0) is 0 Å². The van der Waals surface area contributed by atoms with E-state index in [1.54, 1.807) is 0 Å². The summed E-state index contributed by atoms with van der Waals surface area (Å²) in [5.74, 6) is 0.184. The fourth-order valence-corrected chi connectivity index (χ4v) is 7.28. The van der Waals surface area contributed by atoms with E-state index < -0.39 is 0 Å². The zero-order valence-electron chi connectivity index (χ0n) is 25.3. The summed E-state index contributed by atoms with van der Waals surface area (Å²) in [5, 5.41) is 7.87. The molecule has 8 rings (SSSR count). The summed E-state index contributed by atoms with van der Waals surface area (Å²) < 4.78 is 0. The van der Waals surface area contributed by atoms with Gasteiger partial charge in [-0.05, 0) is 106 Å². The van der Waals surface area contributed by atoms with E-state index in [0.717, 1.165) is 18.5 Å². The minimum Gasteiger partial charge on any atom is -0.310 e. The van der Waals surface area contributed by atoms with Crippen LogP contribution < -0.4 is 4.90 Å². The van der Waals surface area contributed by atoms with E-state index in [-0.39, 0.29) is 5.92 Å². The van der Waals surface area contributed by atoms with Gasteiger partial charge in [-0.15, -0.1) is 0 Å². The quantitative estimate of drug-likeness (QED) is 0.181. The highest BCUT2D eigenvalue weighted by atomic mass is 15.1. The lowest BCUT2D eigenvalue weighted by Gasteiger charge is -2.28. The van der Waals surface area contributed by atoms with E-state index in [1.807, 2.05) is 0 Å². The van der Waals surface area contributed by atoms with Crippen molar-refractivity contribution in [3.63, 3.8) is 0 Å². The number of allylic oxidation sites excluding steroid dienone is 4. The summed E-state index contributed by atoms with van der Waals surface area (Å²) in [6.07, 6.45) is 9.35. The van der Waals surface area contributed by atoms with Gasteiger partial charge in [0.1, 0.15) is 0 Å². The number of benzene rings is 7. The number of anilines is 3. The molecular weight excluding hydrogens is 530 g/mol. The molecule has 0 spiro atoms. The van der Waals surface area contributed by atoms with Crippen LogP contribution in [0.4, 0.5) is 17.1 Å². The first-order chi connectivity index (χ1) is 21.7.